The predicted molar refractivity (Wildman–Crippen MR) is 133 cm³/mol. The molecule has 156 valence electrons. The van der Waals surface area contributed by atoms with Crippen molar-refractivity contribution in [3.8, 4) is 11.3 Å². The van der Waals surface area contributed by atoms with Crippen LogP contribution in [0.25, 0.3) is 44.2 Å². The standard InChI is InChI=1S/C30H27N2/c1-5-30-17-16-25-28(26-18(2)10-8-11-19(26)3)31-24-15-7-6-12-22(24)23-14-9-13-21(20(30)4)27(23)29(31)32(25)30/h6-15H,4-5,16-17H2,1-3H3/q+1. The van der Waals surface area contributed by atoms with Gasteiger partial charge >= 0.3 is 0 Å². The van der Waals surface area contributed by atoms with Crippen LogP contribution < -0.4 is 4.40 Å². The first-order valence-electron chi connectivity index (χ1n) is 11.8. The van der Waals surface area contributed by atoms with Crippen molar-refractivity contribution < 1.29 is 4.40 Å². The number of aromatic nitrogens is 2. The Morgan fingerprint density at radius 2 is 1.66 bits per heavy atom. The van der Waals surface area contributed by atoms with Crippen molar-refractivity contribution in [2.75, 3.05) is 0 Å². The molecule has 7 rings (SSSR count). The van der Waals surface area contributed by atoms with E-state index in [1.54, 1.807) is 0 Å². The van der Waals surface area contributed by atoms with Crippen LogP contribution in [0.4, 0.5) is 0 Å². The first-order chi connectivity index (χ1) is 15.6. The van der Waals surface area contributed by atoms with Crippen molar-refractivity contribution in [2.45, 2.75) is 45.6 Å². The van der Waals surface area contributed by atoms with Gasteiger partial charge < -0.3 is 0 Å². The molecule has 5 aromatic rings. The average Bonchev–Trinajstić information content (AvgIpc) is 3.36. The molecular formula is C30H27N2+. The lowest BCUT2D eigenvalue weighted by Gasteiger charge is -2.32. The minimum atomic E-state index is -0.0286. The Kier molecular flexibility index (Phi) is 3.35. The number of para-hydroxylation sites is 1. The SMILES string of the molecule is C=C1c2cccc3c4ccccc4[n+]4c(-c5c(C)cccc5C)c5n(c4c23)C1(CC)CC5. The molecule has 4 heterocycles. The molecule has 0 radical (unpaired) electrons. The molecule has 0 bridgehead atoms. The second kappa shape index (κ2) is 5.89. The van der Waals surface area contributed by atoms with E-state index in [1.165, 1.54) is 66.5 Å². The summed E-state index contributed by atoms with van der Waals surface area (Å²) in [6, 6.07) is 22.4. The summed E-state index contributed by atoms with van der Waals surface area (Å²) in [6.45, 7) is 11.6. The van der Waals surface area contributed by atoms with Gasteiger partial charge in [-0.25, -0.2) is 4.57 Å². The lowest BCUT2D eigenvalue weighted by molar-refractivity contribution is -0.467. The highest BCUT2D eigenvalue weighted by Crippen LogP contribution is 2.54. The fourth-order valence-electron chi connectivity index (χ4n) is 6.85. The lowest BCUT2D eigenvalue weighted by Crippen LogP contribution is -2.36. The van der Waals surface area contributed by atoms with Gasteiger partial charge in [0.2, 0.25) is 0 Å². The number of aryl methyl sites for hydroxylation is 2. The monoisotopic (exact) mass is 415 g/mol. The van der Waals surface area contributed by atoms with Crippen LogP contribution in [0.1, 0.15) is 42.1 Å². The second-order valence-electron chi connectivity index (χ2n) is 9.67. The molecule has 32 heavy (non-hydrogen) atoms. The summed E-state index contributed by atoms with van der Waals surface area (Å²) in [6.07, 6.45) is 3.29. The van der Waals surface area contributed by atoms with E-state index in [2.05, 4.69) is 90.4 Å². The molecule has 2 aliphatic rings. The topological polar surface area (TPSA) is 9.03 Å². The third kappa shape index (κ3) is 1.87. The Bertz CT molecular complexity index is 1630. The van der Waals surface area contributed by atoms with E-state index >= 15 is 0 Å². The number of fused-ring (bicyclic) bond motifs is 3. The summed E-state index contributed by atoms with van der Waals surface area (Å²) in [5, 5.41) is 4.01. The number of pyridine rings is 1. The van der Waals surface area contributed by atoms with Crippen molar-refractivity contribution in [3.63, 3.8) is 0 Å². The highest BCUT2D eigenvalue weighted by molar-refractivity contribution is 6.15. The summed E-state index contributed by atoms with van der Waals surface area (Å²) >= 11 is 0. The van der Waals surface area contributed by atoms with Crippen molar-refractivity contribution in [1.29, 1.82) is 0 Å². The third-order valence-corrected chi connectivity index (χ3v) is 8.31. The Morgan fingerprint density at radius 3 is 2.44 bits per heavy atom. The largest absolute Gasteiger partial charge is 0.296 e. The predicted octanol–water partition coefficient (Wildman–Crippen LogP) is 6.90. The van der Waals surface area contributed by atoms with Crippen molar-refractivity contribution >= 4 is 32.9 Å². The Hall–Kier alpha value is -3.39. The maximum Gasteiger partial charge on any atom is 0.296 e. The molecule has 1 atom stereocenters. The zero-order valence-electron chi connectivity index (χ0n) is 19.0. The minimum Gasteiger partial charge on any atom is -0.216 e. The number of nitrogens with zero attached hydrogens (tertiary/aromatic N) is 2. The Morgan fingerprint density at radius 1 is 0.938 bits per heavy atom. The summed E-state index contributed by atoms with van der Waals surface area (Å²) in [4.78, 5) is 0. The molecule has 2 heteroatoms. The summed E-state index contributed by atoms with van der Waals surface area (Å²) in [7, 11) is 0. The molecule has 2 aliphatic heterocycles. The molecule has 3 aromatic carbocycles. The van der Waals surface area contributed by atoms with Gasteiger partial charge in [0.25, 0.3) is 5.65 Å². The average molecular weight is 416 g/mol. The number of benzene rings is 3. The lowest BCUT2D eigenvalue weighted by atomic mass is 9.78. The summed E-state index contributed by atoms with van der Waals surface area (Å²) in [5.74, 6) is 0. The van der Waals surface area contributed by atoms with E-state index in [-0.39, 0.29) is 5.54 Å². The molecule has 0 saturated carbocycles. The van der Waals surface area contributed by atoms with Gasteiger partial charge in [0, 0.05) is 34.8 Å². The quantitative estimate of drug-likeness (QED) is 0.219. The zero-order valence-corrected chi connectivity index (χ0v) is 19.0. The molecule has 2 aromatic heterocycles. The first kappa shape index (κ1) is 18.2. The van der Waals surface area contributed by atoms with Crippen LogP contribution in [0.3, 0.4) is 0 Å². The highest BCUT2D eigenvalue weighted by Gasteiger charge is 2.53. The zero-order chi connectivity index (χ0) is 21.8. The molecule has 0 N–H and O–H groups in total. The molecule has 0 amide bonds. The van der Waals surface area contributed by atoms with Gasteiger partial charge in [0.05, 0.1) is 5.39 Å². The van der Waals surface area contributed by atoms with Gasteiger partial charge in [-0.05, 0) is 43.0 Å². The Balaban J connectivity index is 1.86. The molecular weight excluding hydrogens is 388 g/mol. The van der Waals surface area contributed by atoms with Gasteiger partial charge in [-0.2, -0.15) is 4.40 Å². The number of allylic oxidation sites excluding steroid dienone is 1. The minimum absolute atomic E-state index is 0.0286. The van der Waals surface area contributed by atoms with Gasteiger partial charge in [0.15, 0.2) is 11.4 Å². The second-order valence-corrected chi connectivity index (χ2v) is 9.67. The van der Waals surface area contributed by atoms with Crippen molar-refractivity contribution in [1.82, 2.24) is 4.57 Å². The van der Waals surface area contributed by atoms with Gasteiger partial charge in [-0.3, -0.25) is 0 Å². The fraction of sp³-hybridized carbons (Fsp3) is 0.233. The fourth-order valence-corrected chi connectivity index (χ4v) is 6.85. The number of hydrogen-bond acceptors (Lipinski definition) is 0. The van der Waals surface area contributed by atoms with Crippen LogP contribution in [-0.4, -0.2) is 4.57 Å². The van der Waals surface area contributed by atoms with E-state index in [1.807, 2.05) is 0 Å². The Labute approximate surface area is 188 Å². The highest BCUT2D eigenvalue weighted by atomic mass is 15.2. The van der Waals surface area contributed by atoms with E-state index in [0.717, 1.165) is 19.3 Å². The maximum absolute atomic E-state index is 4.72. The van der Waals surface area contributed by atoms with Crippen molar-refractivity contribution in [2.24, 2.45) is 0 Å². The normalized spacial score (nSPS) is 19.2. The first-order valence-corrected chi connectivity index (χ1v) is 11.8. The molecule has 0 spiro atoms. The number of rotatable bonds is 2. The maximum atomic E-state index is 4.72. The van der Waals surface area contributed by atoms with E-state index in [0.29, 0.717) is 0 Å². The van der Waals surface area contributed by atoms with Gasteiger partial charge in [0.1, 0.15) is 11.1 Å². The van der Waals surface area contributed by atoms with E-state index in [4.69, 9.17) is 6.58 Å². The van der Waals surface area contributed by atoms with Crippen LogP contribution in [-0.2, 0) is 12.0 Å². The number of imidazole rings is 1. The molecule has 1 unspecified atom stereocenters. The van der Waals surface area contributed by atoms with Crippen molar-refractivity contribution in [3.05, 3.63) is 89.6 Å². The molecule has 2 nitrogen and oxygen atoms in total. The molecule has 0 aliphatic carbocycles. The van der Waals surface area contributed by atoms with Crippen LogP contribution in [0.5, 0.6) is 0 Å². The molecule has 0 saturated heterocycles. The van der Waals surface area contributed by atoms with Crippen LogP contribution >= 0.6 is 0 Å². The summed E-state index contributed by atoms with van der Waals surface area (Å²) in [5.41, 5.74) is 12.2. The molecule has 0 fully saturated rings. The third-order valence-electron chi connectivity index (χ3n) is 8.31. The van der Waals surface area contributed by atoms with E-state index < -0.39 is 0 Å². The van der Waals surface area contributed by atoms with Crippen LogP contribution in [0, 0.1) is 13.8 Å². The summed E-state index contributed by atoms with van der Waals surface area (Å²) < 4.78 is 5.28. The smallest absolute Gasteiger partial charge is 0.216 e. The van der Waals surface area contributed by atoms with Crippen LogP contribution in [0.2, 0.25) is 0 Å². The van der Waals surface area contributed by atoms with Crippen LogP contribution in [0.15, 0.2) is 67.2 Å². The van der Waals surface area contributed by atoms with Gasteiger partial charge in [-0.15, -0.1) is 0 Å². The van der Waals surface area contributed by atoms with Gasteiger partial charge in [-0.1, -0.05) is 68.1 Å². The van der Waals surface area contributed by atoms with E-state index in [9.17, 15) is 0 Å². The number of hydrogen-bond donors (Lipinski definition) is 0.